The Labute approximate surface area is 119 Å². The Bertz CT molecular complexity index is 236. The Kier molecular flexibility index (Phi) is 6.62. The van der Waals surface area contributed by atoms with Gasteiger partial charge < -0.3 is 10.6 Å². The normalized spacial score (nSPS) is 27.2. The van der Waals surface area contributed by atoms with Gasteiger partial charge in [0, 0.05) is 18.6 Å². The van der Waals surface area contributed by atoms with Gasteiger partial charge in [-0.1, -0.05) is 32.6 Å². The van der Waals surface area contributed by atoms with Crippen LogP contribution in [0.1, 0.15) is 58.3 Å². The number of likely N-dealkylation sites (tertiary alicyclic amines) is 2. The van der Waals surface area contributed by atoms with Gasteiger partial charge in [-0.15, -0.1) is 0 Å². The van der Waals surface area contributed by atoms with E-state index in [9.17, 15) is 0 Å². The molecule has 0 spiro atoms. The molecule has 2 aliphatic heterocycles. The largest absolute Gasteiger partial charge is 0.328 e. The average molecular weight is 267 g/mol. The van der Waals surface area contributed by atoms with Crippen molar-refractivity contribution in [3.05, 3.63) is 0 Å². The van der Waals surface area contributed by atoms with Crippen molar-refractivity contribution in [1.82, 2.24) is 9.80 Å². The minimum Gasteiger partial charge on any atom is -0.328 e. The van der Waals surface area contributed by atoms with Crippen LogP contribution in [0.4, 0.5) is 0 Å². The van der Waals surface area contributed by atoms with E-state index in [2.05, 4.69) is 16.7 Å². The van der Waals surface area contributed by atoms with E-state index in [4.69, 9.17) is 5.73 Å². The van der Waals surface area contributed by atoms with Crippen LogP contribution >= 0.6 is 0 Å². The van der Waals surface area contributed by atoms with Gasteiger partial charge in [0.25, 0.3) is 0 Å². The summed E-state index contributed by atoms with van der Waals surface area (Å²) in [5.74, 6) is 0. The van der Waals surface area contributed by atoms with Gasteiger partial charge in [0.15, 0.2) is 0 Å². The van der Waals surface area contributed by atoms with Crippen molar-refractivity contribution in [3.8, 4) is 0 Å². The lowest BCUT2D eigenvalue weighted by Crippen LogP contribution is -2.46. The van der Waals surface area contributed by atoms with Crippen LogP contribution in [0.25, 0.3) is 0 Å². The van der Waals surface area contributed by atoms with Crippen LogP contribution < -0.4 is 5.73 Å². The summed E-state index contributed by atoms with van der Waals surface area (Å²) in [4.78, 5) is 5.38. The lowest BCUT2D eigenvalue weighted by Gasteiger charge is -2.34. The van der Waals surface area contributed by atoms with E-state index in [0.29, 0.717) is 6.04 Å². The zero-order valence-corrected chi connectivity index (χ0v) is 12.8. The fourth-order valence-electron chi connectivity index (χ4n) is 3.54. The predicted octanol–water partition coefficient (Wildman–Crippen LogP) is 2.45. The van der Waals surface area contributed by atoms with Crippen LogP contribution in [0, 0.1) is 0 Å². The maximum Gasteiger partial charge on any atom is 0.0235 e. The highest BCUT2D eigenvalue weighted by Gasteiger charge is 2.29. The highest BCUT2D eigenvalue weighted by Crippen LogP contribution is 2.20. The topological polar surface area (TPSA) is 32.5 Å². The quantitative estimate of drug-likeness (QED) is 0.719. The fourth-order valence-corrected chi connectivity index (χ4v) is 3.54. The molecule has 2 fully saturated rings. The molecular formula is C16H33N3. The van der Waals surface area contributed by atoms with E-state index in [-0.39, 0.29) is 0 Å². The third-order valence-electron chi connectivity index (χ3n) is 4.92. The molecule has 0 aliphatic carbocycles. The molecule has 0 aromatic rings. The van der Waals surface area contributed by atoms with E-state index in [1.165, 1.54) is 84.1 Å². The lowest BCUT2D eigenvalue weighted by atomic mass is 10.0. The van der Waals surface area contributed by atoms with Gasteiger partial charge in [0.1, 0.15) is 0 Å². The van der Waals surface area contributed by atoms with Crippen LogP contribution in [0.5, 0.6) is 0 Å². The summed E-state index contributed by atoms with van der Waals surface area (Å²) >= 11 is 0. The number of piperidine rings is 1. The number of hydrogen-bond donors (Lipinski definition) is 1. The van der Waals surface area contributed by atoms with Crippen molar-refractivity contribution in [2.24, 2.45) is 5.73 Å². The molecule has 0 saturated carbocycles. The standard InChI is InChI=1S/C16H33N3/c1-2-3-4-5-6-10-18-11-9-16(14-18)19-12-7-15(17)8-13-19/h15-16H,2-14,17H2,1H3. The van der Waals surface area contributed by atoms with Crippen LogP contribution in [-0.4, -0.2) is 54.6 Å². The molecule has 0 aromatic heterocycles. The molecule has 2 saturated heterocycles. The summed E-state index contributed by atoms with van der Waals surface area (Å²) in [7, 11) is 0. The molecule has 2 rings (SSSR count). The smallest absolute Gasteiger partial charge is 0.0235 e. The zero-order chi connectivity index (χ0) is 13.5. The second kappa shape index (κ2) is 8.23. The van der Waals surface area contributed by atoms with Gasteiger partial charge in [0.2, 0.25) is 0 Å². The third-order valence-corrected chi connectivity index (χ3v) is 4.92. The first-order chi connectivity index (χ1) is 9.29. The molecule has 2 heterocycles. The minimum absolute atomic E-state index is 0.465. The Morgan fingerprint density at radius 1 is 0.947 bits per heavy atom. The SMILES string of the molecule is CCCCCCCN1CCC(N2CCC(N)CC2)C1. The third kappa shape index (κ3) is 5.05. The van der Waals surface area contributed by atoms with Gasteiger partial charge in [-0.25, -0.2) is 0 Å². The molecule has 2 N–H and O–H groups in total. The van der Waals surface area contributed by atoms with Crippen molar-refractivity contribution < 1.29 is 0 Å². The summed E-state index contributed by atoms with van der Waals surface area (Å²) in [5.41, 5.74) is 5.99. The van der Waals surface area contributed by atoms with Gasteiger partial charge in [-0.3, -0.25) is 4.90 Å². The molecule has 1 atom stereocenters. The molecule has 0 bridgehead atoms. The molecule has 0 radical (unpaired) electrons. The van der Waals surface area contributed by atoms with Crippen LogP contribution in [0.15, 0.2) is 0 Å². The Balaban J connectivity index is 1.58. The number of nitrogens with zero attached hydrogens (tertiary/aromatic N) is 2. The lowest BCUT2D eigenvalue weighted by molar-refractivity contribution is 0.152. The van der Waals surface area contributed by atoms with Crippen molar-refractivity contribution >= 4 is 0 Å². The highest BCUT2D eigenvalue weighted by atomic mass is 15.3. The summed E-state index contributed by atoms with van der Waals surface area (Å²) in [6, 6.07) is 1.29. The van der Waals surface area contributed by atoms with Crippen LogP contribution in [0.2, 0.25) is 0 Å². The molecule has 0 aromatic carbocycles. The first kappa shape index (κ1) is 15.3. The summed E-state index contributed by atoms with van der Waals surface area (Å²) in [5, 5.41) is 0. The van der Waals surface area contributed by atoms with Crippen LogP contribution in [-0.2, 0) is 0 Å². The molecule has 2 aliphatic rings. The molecule has 19 heavy (non-hydrogen) atoms. The number of unbranched alkanes of at least 4 members (excludes halogenated alkanes) is 4. The number of nitrogens with two attached hydrogens (primary N) is 1. The second-order valence-corrected chi connectivity index (χ2v) is 6.53. The van der Waals surface area contributed by atoms with Crippen molar-refractivity contribution in [1.29, 1.82) is 0 Å². The molecular weight excluding hydrogens is 234 g/mol. The van der Waals surface area contributed by atoms with Crippen molar-refractivity contribution in [2.45, 2.75) is 70.4 Å². The maximum absolute atomic E-state index is 5.99. The number of rotatable bonds is 7. The van der Waals surface area contributed by atoms with Gasteiger partial charge in [-0.2, -0.15) is 0 Å². The fraction of sp³-hybridized carbons (Fsp3) is 1.00. The Hall–Kier alpha value is -0.120. The van der Waals surface area contributed by atoms with E-state index in [1.54, 1.807) is 0 Å². The zero-order valence-electron chi connectivity index (χ0n) is 12.8. The second-order valence-electron chi connectivity index (χ2n) is 6.53. The summed E-state index contributed by atoms with van der Waals surface area (Å²) < 4.78 is 0. The molecule has 3 nitrogen and oxygen atoms in total. The minimum atomic E-state index is 0.465. The predicted molar refractivity (Wildman–Crippen MR) is 82.4 cm³/mol. The monoisotopic (exact) mass is 267 g/mol. The first-order valence-corrected chi connectivity index (χ1v) is 8.51. The molecule has 0 amide bonds. The van der Waals surface area contributed by atoms with Gasteiger partial charge >= 0.3 is 0 Å². The van der Waals surface area contributed by atoms with Crippen molar-refractivity contribution in [3.63, 3.8) is 0 Å². The van der Waals surface area contributed by atoms with E-state index in [0.717, 1.165) is 6.04 Å². The summed E-state index contributed by atoms with van der Waals surface area (Å²) in [6.07, 6.45) is 10.8. The maximum atomic E-state index is 5.99. The van der Waals surface area contributed by atoms with Crippen molar-refractivity contribution in [2.75, 3.05) is 32.7 Å². The summed E-state index contributed by atoms with van der Waals surface area (Å²) in [6.45, 7) is 8.71. The molecule has 112 valence electrons. The Morgan fingerprint density at radius 2 is 1.68 bits per heavy atom. The Morgan fingerprint density at radius 3 is 2.42 bits per heavy atom. The average Bonchev–Trinajstić information content (AvgIpc) is 2.88. The number of hydrogen-bond acceptors (Lipinski definition) is 3. The molecule has 3 heteroatoms. The highest BCUT2D eigenvalue weighted by molar-refractivity contribution is 4.86. The first-order valence-electron chi connectivity index (χ1n) is 8.51. The van der Waals surface area contributed by atoms with Gasteiger partial charge in [0.05, 0.1) is 0 Å². The van der Waals surface area contributed by atoms with E-state index in [1.807, 2.05) is 0 Å². The van der Waals surface area contributed by atoms with E-state index < -0.39 is 0 Å². The van der Waals surface area contributed by atoms with Crippen LogP contribution in [0.3, 0.4) is 0 Å². The molecule has 1 unspecified atom stereocenters. The van der Waals surface area contributed by atoms with E-state index >= 15 is 0 Å². The van der Waals surface area contributed by atoms with Gasteiger partial charge in [-0.05, 0) is 51.9 Å².